The zero-order chi connectivity index (χ0) is 13.0. The minimum Gasteiger partial charge on any atom is -0.397 e. The van der Waals surface area contributed by atoms with Gasteiger partial charge in [0.15, 0.2) is 0 Å². The van der Waals surface area contributed by atoms with Crippen molar-refractivity contribution in [3.8, 4) is 0 Å². The quantitative estimate of drug-likeness (QED) is 0.815. The van der Waals surface area contributed by atoms with Crippen molar-refractivity contribution in [2.24, 2.45) is 0 Å². The first-order valence-electron chi connectivity index (χ1n) is 5.94. The lowest BCUT2D eigenvalue weighted by molar-refractivity contribution is -0.135. The Hall–Kier alpha value is -1.82. The third-order valence-corrected chi connectivity index (χ3v) is 2.99. The van der Waals surface area contributed by atoms with E-state index in [1.807, 2.05) is 17.0 Å². The molecule has 0 unspecified atom stereocenters. The fourth-order valence-electron chi connectivity index (χ4n) is 1.98. The highest BCUT2D eigenvalue weighted by Gasteiger charge is 2.21. The molecule has 2 N–H and O–H groups in total. The van der Waals surface area contributed by atoms with Gasteiger partial charge in [-0.15, -0.1) is 0 Å². The molecule has 0 aliphatic carbocycles. The average Bonchev–Trinajstić information content (AvgIpc) is 2.40. The highest BCUT2D eigenvalue weighted by molar-refractivity contribution is 5.77. The van der Waals surface area contributed by atoms with Gasteiger partial charge in [0.25, 0.3) is 0 Å². The molecule has 1 fully saturated rings. The van der Waals surface area contributed by atoms with Crippen LogP contribution in [-0.2, 0) is 9.53 Å². The van der Waals surface area contributed by atoms with E-state index in [4.69, 9.17) is 10.5 Å². The van der Waals surface area contributed by atoms with E-state index >= 15 is 0 Å². The summed E-state index contributed by atoms with van der Waals surface area (Å²) in [7, 11) is 1.53. The summed E-state index contributed by atoms with van der Waals surface area (Å²) >= 11 is 0. The number of nitrogens with zero attached hydrogens (tertiary/aromatic N) is 3. The minimum atomic E-state index is 0.0439. The van der Waals surface area contributed by atoms with Crippen LogP contribution in [0.5, 0.6) is 0 Å². The van der Waals surface area contributed by atoms with Crippen molar-refractivity contribution in [1.82, 2.24) is 9.88 Å². The van der Waals surface area contributed by atoms with Crippen LogP contribution >= 0.6 is 0 Å². The number of hydrogen-bond donors (Lipinski definition) is 1. The van der Waals surface area contributed by atoms with Crippen molar-refractivity contribution in [2.45, 2.75) is 0 Å². The summed E-state index contributed by atoms with van der Waals surface area (Å²) in [5.41, 5.74) is 6.26. The van der Waals surface area contributed by atoms with Crippen LogP contribution in [0.25, 0.3) is 0 Å². The van der Waals surface area contributed by atoms with Gasteiger partial charge < -0.3 is 20.3 Å². The molecule has 1 aromatic heterocycles. The fraction of sp³-hybridized carbons (Fsp3) is 0.500. The van der Waals surface area contributed by atoms with Crippen LogP contribution in [0.2, 0.25) is 0 Å². The summed E-state index contributed by atoms with van der Waals surface area (Å²) in [6.45, 7) is 3.13. The number of aromatic nitrogens is 1. The van der Waals surface area contributed by atoms with Gasteiger partial charge in [-0.3, -0.25) is 4.79 Å². The molecule has 0 spiro atoms. The largest absolute Gasteiger partial charge is 0.397 e. The van der Waals surface area contributed by atoms with E-state index in [-0.39, 0.29) is 12.5 Å². The lowest BCUT2D eigenvalue weighted by atomic mass is 10.3. The normalized spacial score (nSPS) is 15.8. The van der Waals surface area contributed by atoms with Gasteiger partial charge in [-0.2, -0.15) is 0 Å². The number of pyridine rings is 1. The van der Waals surface area contributed by atoms with E-state index in [0.717, 1.165) is 18.9 Å². The SMILES string of the molecule is COCC(=O)N1CCN(c2ccc(N)cn2)CC1. The molecule has 0 atom stereocenters. The number of nitrogens with two attached hydrogens (primary N) is 1. The number of carbonyl (C=O) groups excluding carboxylic acids is 1. The first-order chi connectivity index (χ1) is 8.70. The smallest absolute Gasteiger partial charge is 0.248 e. The molecule has 98 valence electrons. The van der Waals surface area contributed by atoms with Crippen molar-refractivity contribution in [1.29, 1.82) is 0 Å². The second-order valence-corrected chi connectivity index (χ2v) is 4.25. The molecule has 1 amide bonds. The molecule has 2 rings (SSSR count). The van der Waals surface area contributed by atoms with Gasteiger partial charge in [0.05, 0.1) is 11.9 Å². The van der Waals surface area contributed by atoms with Crippen LogP contribution in [0.4, 0.5) is 11.5 Å². The van der Waals surface area contributed by atoms with Crippen LogP contribution in [0, 0.1) is 0 Å². The average molecular weight is 250 g/mol. The molecule has 1 saturated heterocycles. The summed E-state index contributed by atoms with van der Waals surface area (Å²) in [5, 5.41) is 0. The van der Waals surface area contributed by atoms with Crippen molar-refractivity contribution < 1.29 is 9.53 Å². The van der Waals surface area contributed by atoms with E-state index in [2.05, 4.69) is 9.88 Å². The molecule has 0 saturated carbocycles. The molecule has 0 bridgehead atoms. The zero-order valence-corrected chi connectivity index (χ0v) is 10.5. The van der Waals surface area contributed by atoms with Gasteiger partial charge in [-0.1, -0.05) is 0 Å². The number of ether oxygens (including phenoxy) is 1. The summed E-state index contributed by atoms with van der Waals surface area (Å²) in [6, 6.07) is 3.74. The molecule has 6 heteroatoms. The van der Waals surface area contributed by atoms with Gasteiger partial charge in [0, 0.05) is 33.3 Å². The number of piperazine rings is 1. The Bertz CT molecular complexity index is 399. The van der Waals surface area contributed by atoms with Gasteiger partial charge in [-0.25, -0.2) is 4.98 Å². The summed E-state index contributed by atoms with van der Waals surface area (Å²) in [5.74, 6) is 0.949. The highest BCUT2D eigenvalue weighted by atomic mass is 16.5. The van der Waals surface area contributed by atoms with E-state index < -0.39 is 0 Å². The van der Waals surface area contributed by atoms with Crippen LogP contribution in [0.1, 0.15) is 0 Å². The fourth-order valence-corrected chi connectivity index (χ4v) is 1.98. The maximum atomic E-state index is 11.6. The van der Waals surface area contributed by atoms with Crippen LogP contribution in [0.3, 0.4) is 0 Å². The second kappa shape index (κ2) is 5.68. The van der Waals surface area contributed by atoms with Crippen molar-refractivity contribution >= 4 is 17.4 Å². The Morgan fingerprint density at radius 1 is 1.39 bits per heavy atom. The third kappa shape index (κ3) is 2.89. The third-order valence-electron chi connectivity index (χ3n) is 2.99. The maximum Gasteiger partial charge on any atom is 0.248 e. The summed E-state index contributed by atoms with van der Waals surface area (Å²) in [6.07, 6.45) is 1.65. The monoisotopic (exact) mass is 250 g/mol. The standard InChI is InChI=1S/C12H18N4O2/c1-18-9-12(17)16-6-4-15(5-7-16)11-3-2-10(13)8-14-11/h2-3,8H,4-7,9,13H2,1H3. The van der Waals surface area contributed by atoms with Gasteiger partial charge in [-0.05, 0) is 12.1 Å². The molecule has 0 aromatic carbocycles. The van der Waals surface area contributed by atoms with Gasteiger partial charge in [0.1, 0.15) is 12.4 Å². The number of amides is 1. The number of nitrogen functional groups attached to an aromatic ring is 1. The zero-order valence-electron chi connectivity index (χ0n) is 10.5. The summed E-state index contributed by atoms with van der Waals surface area (Å²) < 4.78 is 4.85. The van der Waals surface area contributed by atoms with Gasteiger partial charge in [0.2, 0.25) is 5.91 Å². The van der Waals surface area contributed by atoms with Crippen molar-refractivity contribution in [3.05, 3.63) is 18.3 Å². The van der Waals surface area contributed by atoms with Crippen LogP contribution in [-0.4, -0.2) is 55.7 Å². The number of methoxy groups -OCH3 is 1. The van der Waals surface area contributed by atoms with E-state index in [1.165, 1.54) is 7.11 Å². The number of hydrogen-bond acceptors (Lipinski definition) is 5. The summed E-state index contributed by atoms with van der Waals surface area (Å²) in [4.78, 5) is 19.9. The minimum absolute atomic E-state index is 0.0439. The Balaban J connectivity index is 1.90. The second-order valence-electron chi connectivity index (χ2n) is 4.25. The Morgan fingerprint density at radius 2 is 2.11 bits per heavy atom. The number of carbonyl (C=O) groups is 1. The first kappa shape index (κ1) is 12.6. The van der Waals surface area contributed by atoms with Crippen molar-refractivity contribution in [2.75, 3.05) is 50.5 Å². The Kier molecular flexibility index (Phi) is 3.99. The molecule has 0 radical (unpaired) electrons. The van der Waals surface area contributed by atoms with Gasteiger partial charge >= 0.3 is 0 Å². The molecule has 6 nitrogen and oxygen atoms in total. The number of anilines is 2. The van der Waals surface area contributed by atoms with E-state index in [1.54, 1.807) is 6.20 Å². The Labute approximate surface area is 106 Å². The molecule has 2 heterocycles. The van der Waals surface area contributed by atoms with E-state index in [9.17, 15) is 4.79 Å². The van der Waals surface area contributed by atoms with E-state index in [0.29, 0.717) is 18.8 Å². The lowest BCUT2D eigenvalue weighted by Crippen LogP contribution is -2.49. The lowest BCUT2D eigenvalue weighted by Gasteiger charge is -2.35. The van der Waals surface area contributed by atoms with Crippen LogP contribution in [0.15, 0.2) is 18.3 Å². The molecule has 18 heavy (non-hydrogen) atoms. The molecule has 1 aromatic rings. The Morgan fingerprint density at radius 3 is 2.67 bits per heavy atom. The predicted octanol–water partition coefficient (Wildman–Crippen LogP) is -0.0412. The molecule has 1 aliphatic heterocycles. The van der Waals surface area contributed by atoms with Crippen molar-refractivity contribution in [3.63, 3.8) is 0 Å². The highest BCUT2D eigenvalue weighted by Crippen LogP contribution is 2.14. The molecular formula is C12H18N4O2. The number of rotatable bonds is 3. The predicted molar refractivity (Wildman–Crippen MR) is 69.3 cm³/mol. The molecule has 1 aliphatic rings. The molecular weight excluding hydrogens is 232 g/mol. The topological polar surface area (TPSA) is 71.7 Å². The van der Waals surface area contributed by atoms with Crippen LogP contribution < -0.4 is 10.6 Å². The maximum absolute atomic E-state index is 11.6. The first-order valence-corrected chi connectivity index (χ1v) is 5.94.